The molecule has 0 amide bonds. The van der Waals surface area contributed by atoms with E-state index < -0.39 is 0 Å². The monoisotopic (exact) mass is 273 g/mol. The molecule has 0 radical (unpaired) electrons. The molecule has 1 N–H and O–H groups in total. The second kappa shape index (κ2) is 6.28. The summed E-state index contributed by atoms with van der Waals surface area (Å²) in [6.07, 6.45) is 2.46. The molecule has 0 bridgehead atoms. The van der Waals surface area contributed by atoms with E-state index in [1.807, 2.05) is 31.2 Å². The first kappa shape index (κ1) is 14.2. The number of anilines is 1. The number of hydrogen-bond acceptors (Lipinski definition) is 4. The summed E-state index contributed by atoms with van der Waals surface area (Å²) in [5.41, 5.74) is 2.57. The minimum atomic E-state index is -0.327. The highest BCUT2D eigenvalue weighted by Crippen LogP contribution is 2.19. The highest BCUT2D eigenvalue weighted by Gasteiger charge is 2.11. The first-order valence-electron chi connectivity index (χ1n) is 6.58. The van der Waals surface area contributed by atoms with Crippen LogP contribution in [0.15, 0.2) is 41.0 Å². The summed E-state index contributed by atoms with van der Waals surface area (Å²) in [5.74, 6) is 0.610. The predicted molar refractivity (Wildman–Crippen MR) is 78.0 cm³/mol. The highest BCUT2D eigenvalue weighted by atomic mass is 16.5. The molecule has 0 spiro atoms. The summed E-state index contributed by atoms with van der Waals surface area (Å²) < 4.78 is 10.1. The smallest absolute Gasteiger partial charge is 0.337 e. The lowest BCUT2D eigenvalue weighted by molar-refractivity contribution is 0.0601. The summed E-state index contributed by atoms with van der Waals surface area (Å²) in [5, 5.41) is 3.40. The van der Waals surface area contributed by atoms with Gasteiger partial charge < -0.3 is 14.5 Å². The third kappa shape index (κ3) is 3.41. The largest absolute Gasteiger partial charge is 0.469 e. The number of benzene rings is 1. The van der Waals surface area contributed by atoms with Crippen LogP contribution < -0.4 is 5.32 Å². The summed E-state index contributed by atoms with van der Waals surface area (Å²) in [4.78, 5) is 11.6. The van der Waals surface area contributed by atoms with Crippen molar-refractivity contribution in [1.29, 1.82) is 0 Å². The molecule has 2 rings (SSSR count). The van der Waals surface area contributed by atoms with Crippen molar-refractivity contribution < 1.29 is 13.9 Å². The Hall–Kier alpha value is -2.23. The lowest BCUT2D eigenvalue weighted by atomic mass is 10.1. The van der Waals surface area contributed by atoms with E-state index in [2.05, 4.69) is 12.2 Å². The Morgan fingerprint density at radius 1 is 1.40 bits per heavy atom. The quantitative estimate of drug-likeness (QED) is 0.848. The number of carbonyl (C=O) groups is 1. The number of carbonyl (C=O) groups excluding carboxylic acids is 1. The maximum atomic E-state index is 11.6. The molecule has 0 aliphatic carbocycles. The fraction of sp³-hybridized carbons (Fsp3) is 0.312. The Balaban J connectivity index is 2.09. The average molecular weight is 273 g/mol. The number of rotatable bonds is 5. The fourth-order valence-corrected chi connectivity index (χ4v) is 2.07. The maximum Gasteiger partial charge on any atom is 0.337 e. The van der Waals surface area contributed by atoms with E-state index >= 15 is 0 Å². The minimum Gasteiger partial charge on any atom is -0.469 e. The van der Waals surface area contributed by atoms with Gasteiger partial charge in [-0.25, -0.2) is 4.79 Å². The predicted octanol–water partition coefficient (Wildman–Crippen LogP) is 3.42. The first-order valence-corrected chi connectivity index (χ1v) is 6.58. The molecule has 1 unspecified atom stereocenters. The van der Waals surface area contributed by atoms with Gasteiger partial charge in [0.25, 0.3) is 0 Å². The average Bonchev–Trinajstić information content (AvgIpc) is 2.93. The molecule has 1 heterocycles. The van der Waals surface area contributed by atoms with Gasteiger partial charge in [-0.05, 0) is 43.7 Å². The normalized spacial score (nSPS) is 11.9. The molecule has 0 saturated heterocycles. The van der Waals surface area contributed by atoms with Crippen LogP contribution in [0.5, 0.6) is 0 Å². The molecule has 1 aromatic heterocycles. The SMILES string of the molecule is COC(=O)c1ccc(C)c(NC(C)Cc2ccco2)c1. The van der Waals surface area contributed by atoms with Gasteiger partial charge in [0.05, 0.1) is 18.9 Å². The summed E-state index contributed by atoms with van der Waals surface area (Å²) in [6, 6.07) is 9.53. The van der Waals surface area contributed by atoms with E-state index in [9.17, 15) is 4.79 Å². The van der Waals surface area contributed by atoms with Crippen molar-refractivity contribution in [2.45, 2.75) is 26.3 Å². The van der Waals surface area contributed by atoms with Gasteiger partial charge in [0.1, 0.15) is 5.76 Å². The molecule has 4 nitrogen and oxygen atoms in total. The third-order valence-electron chi connectivity index (χ3n) is 3.15. The van der Waals surface area contributed by atoms with E-state index in [-0.39, 0.29) is 12.0 Å². The third-order valence-corrected chi connectivity index (χ3v) is 3.15. The fourth-order valence-electron chi connectivity index (χ4n) is 2.07. The summed E-state index contributed by atoms with van der Waals surface area (Å²) in [7, 11) is 1.38. The van der Waals surface area contributed by atoms with Crippen LogP contribution in [-0.4, -0.2) is 19.1 Å². The van der Waals surface area contributed by atoms with Crippen molar-refractivity contribution >= 4 is 11.7 Å². The molecule has 106 valence electrons. The van der Waals surface area contributed by atoms with Gasteiger partial charge in [0.2, 0.25) is 0 Å². The first-order chi connectivity index (χ1) is 9.60. The molecule has 20 heavy (non-hydrogen) atoms. The van der Waals surface area contributed by atoms with E-state index in [1.54, 1.807) is 12.3 Å². The van der Waals surface area contributed by atoms with Crippen LogP contribution in [0.4, 0.5) is 5.69 Å². The molecular weight excluding hydrogens is 254 g/mol. The Labute approximate surface area is 118 Å². The zero-order valence-electron chi connectivity index (χ0n) is 12.0. The van der Waals surface area contributed by atoms with Gasteiger partial charge in [0.15, 0.2) is 0 Å². The van der Waals surface area contributed by atoms with Crippen molar-refractivity contribution in [1.82, 2.24) is 0 Å². The lowest BCUT2D eigenvalue weighted by Crippen LogP contribution is -2.18. The van der Waals surface area contributed by atoms with Crippen LogP contribution >= 0.6 is 0 Å². The standard InChI is InChI=1S/C16H19NO3/c1-11-6-7-13(16(18)19-3)10-15(11)17-12(2)9-14-5-4-8-20-14/h4-8,10,12,17H,9H2,1-3H3. The zero-order chi connectivity index (χ0) is 14.5. The van der Waals surface area contributed by atoms with Crippen molar-refractivity contribution in [2.24, 2.45) is 0 Å². The second-order valence-electron chi connectivity index (χ2n) is 4.85. The molecule has 0 fully saturated rings. The molecule has 0 aliphatic heterocycles. The van der Waals surface area contributed by atoms with Gasteiger partial charge in [0, 0.05) is 18.2 Å². The maximum absolute atomic E-state index is 11.6. The molecule has 0 aliphatic rings. The van der Waals surface area contributed by atoms with Gasteiger partial charge >= 0.3 is 5.97 Å². The van der Waals surface area contributed by atoms with Crippen LogP contribution in [0.2, 0.25) is 0 Å². The number of ether oxygens (including phenoxy) is 1. The molecule has 4 heteroatoms. The molecule has 1 aromatic carbocycles. The number of esters is 1. The number of aryl methyl sites for hydroxylation is 1. The van der Waals surface area contributed by atoms with Crippen molar-refractivity contribution in [3.8, 4) is 0 Å². The minimum absolute atomic E-state index is 0.202. The number of hydrogen-bond donors (Lipinski definition) is 1. The zero-order valence-corrected chi connectivity index (χ0v) is 12.0. The van der Waals surface area contributed by atoms with Gasteiger partial charge in [-0.2, -0.15) is 0 Å². The van der Waals surface area contributed by atoms with Gasteiger partial charge in [-0.15, -0.1) is 0 Å². The van der Waals surface area contributed by atoms with E-state index in [0.717, 1.165) is 23.4 Å². The molecule has 2 aromatic rings. The Morgan fingerprint density at radius 3 is 2.85 bits per heavy atom. The number of methoxy groups -OCH3 is 1. The highest BCUT2D eigenvalue weighted by molar-refractivity contribution is 5.90. The van der Waals surface area contributed by atoms with Crippen LogP contribution in [0.25, 0.3) is 0 Å². The summed E-state index contributed by atoms with van der Waals surface area (Å²) >= 11 is 0. The van der Waals surface area contributed by atoms with Crippen molar-refractivity contribution in [3.63, 3.8) is 0 Å². The van der Waals surface area contributed by atoms with Crippen molar-refractivity contribution in [2.75, 3.05) is 12.4 Å². The molecule has 1 atom stereocenters. The van der Waals surface area contributed by atoms with Crippen LogP contribution in [0.3, 0.4) is 0 Å². The topological polar surface area (TPSA) is 51.5 Å². The Bertz CT molecular complexity index is 575. The van der Waals surface area contributed by atoms with E-state index in [0.29, 0.717) is 5.56 Å². The summed E-state index contributed by atoms with van der Waals surface area (Å²) in [6.45, 7) is 4.08. The van der Waals surface area contributed by atoms with Crippen LogP contribution in [-0.2, 0) is 11.2 Å². The molecular formula is C16H19NO3. The Kier molecular flexibility index (Phi) is 4.45. The van der Waals surface area contributed by atoms with Crippen molar-refractivity contribution in [3.05, 3.63) is 53.5 Å². The van der Waals surface area contributed by atoms with Gasteiger partial charge in [-0.1, -0.05) is 6.07 Å². The second-order valence-corrected chi connectivity index (χ2v) is 4.85. The molecule has 0 saturated carbocycles. The van der Waals surface area contributed by atoms with Gasteiger partial charge in [-0.3, -0.25) is 0 Å². The van der Waals surface area contributed by atoms with Crippen LogP contribution in [0, 0.1) is 6.92 Å². The Morgan fingerprint density at radius 2 is 2.20 bits per heavy atom. The van der Waals surface area contributed by atoms with E-state index in [1.165, 1.54) is 7.11 Å². The van der Waals surface area contributed by atoms with Crippen LogP contribution in [0.1, 0.15) is 28.6 Å². The number of furan rings is 1. The lowest BCUT2D eigenvalue weighted by Gasteiger charge is -2.16. The van der Waals surface area contributed by atoms with E-state index in [4.69, 9.17) is 9.15 Å². The number of nitrogens with one attached hydrogen (secondary N) is 1.